The zero-order valence-electron chi connectivity index (χ0n) is 15.7. The Morgan fingerprint density at radius 1 is 1.04 bits per heavy atom. The van der Waals surface area contributed by atoms with Gasteiger partial charge in [-0.2, -0.15) is 11.8 Å². The molecule has 0 saturated carbocycles. The van der Waals surface area contributed by atoms with Crippen LogP contribution in [-0.2, 0) is 5.75 Å². The molecule has 26 heavy (non-hydrogen) atoms. The topological polar surface area (TPSA) is 47.6 Å². The first kappa shape index (κ1) is 20.2. The molecule has 0 bridgehead atoms. The smallest absolute Gasteiger partial charge is 0.251 e. The van der Waals surface area contributed by atoms with Crippen molar-refractivity contribution in [3.8, 4) is 11.5 Å². The first-order chi connectivity index (χ1) is 12.7. The normalized spacial score (nSPS) is 10.4. The van der Waals surface area contributed by atoms with Crippen LogP contribution in [0.15, 0.2) is 42.5 Å². The van der Waals surface area contributed by atoms with E-state index in [1.54, 1.807) is 18.2 Å². The number of hydrogen-bond donors (Lipinski definition) is 1. The highest BCUT2D eigenvalue weighted by molar-refractivity contribution is 7.98. The van der Waals surface area contributed by atoms with Gasteiger partial charge in [0.1, 0.15) is 0 Å². The first-order valence-electron chi connectivity index (χ1n) is 8.95. The van der Waals surface area contributed by atoms with Crippen LogP contribution in [0.5, 0.6) is 11.5 Å². The Bertz CT molecular complexity index is 718. The fourth-order valence-electron chi connectivity index (χ4n) is 2.49. The third kappa shape index (κ3) is 5.99. The summed E-state index contributed by atoms with van der Waals surface area (Å²) in [5.74, 6) is 3.01. The summed E-state index contributed by atoms with van der Waals surface area (Å²) >= 11 is 1.82. The second kappa shape index (κ2) is 10.8. The average Bonchev–Trinajstić information content (AvgIpc) is 2.64. The summed E-state index contributed by atoms with van der Waals surface area (Å²) in [7, 11) is 0. The van der Waals surface area contributed by atoms with Crippen LogP contribution >= 0.6 is 11.8 Å². The molecule has 0 aliphatic rings. The molecular weight excluding hydrogens is 346 g/mol. The van der Waals surface area contributed by atoms with E-state index in [1.807, 2.05) is 25.6 Å². The monoisotopic (exact) mass is 373 g/mol. The van der Waals surface area contributed by atoms with E-state index in [9.17, 15) is 4.79 Å². The second-order valence-corrected chi connectivity index (χ2v) is 6.87. The van der Waals surface area contributed by atoms with Gasteiger partial charge in [0.25, 0.3) is 5.91 Å². The zero-order chi connectivity index (χ0) is 18.8. The van der Waals surface area contributed by atoms with Crippen molar-refractivity contribution in [1.82, 2.24) is 5.32 Å². The highest BCUT2D eigenvalue weighted by Crippen LogP contribution is 2.28. The van der Waals surface area contributed by atoms with E-state index >= 15 is 0 Å². The third-order valence-electron chi connectivity index (χ3n) is 3.86. The Hall–Kier alpha value is -2.14. The van der Waals surface area contributed by atoms with Crippen LogP contribution in [0.25, 0.3) is 0 Å². The molecule has 2 aromatic carbocycles. The molecule has 0 aliphatic heterocycles. The predicted octanol–water partition coefficient (Wildman–Crippen LogP) is 4.46. The fraction of sp³-hybridized carbons (Fsp3) is 0.381. The van der Waals surface area contributed by atoms with Gasteiger partial charge >= 0.3 is 0 Å². The molecule has 1 N–H and O–H groups in total. The minimum Gasteiger partial charge on any atom is -0.490 e. The summed E-state index contributed by atoms with van der Waals surface area (Å²) in [5.41, 5.74) is 3.24. The predicted molar refractivity (Wildman–Crippen MR) is 108 cm³/mol. The number of ether oxygens (including phenoxy) is 2. The van der Waals surface area contributed by atoms with Crippen LogP contribution in [0.4, 0.5) is 0 Å². The molecule has 0 radical (unpaired) electrons. The fourth-order valence-corrected chi connectivity index (χ4v) is 3.42. The Morgan fingerprint density at radius 3 is 2.50 bits per heavy atom. The molecule has 0 aliphatic carbocycles. The van der Waals surface area contributed by atoms with Crippen LogP contribution in [0.1, 0.15) is 35.3 Å². The van der Waals surface area contributed by atoms with Crippen molar-refractivity contribution in [2.75, 3.05) is 25.5 Å². The van der Waals surface area contributed by atoms with Crippen molar-refractivity contribution in [3.05, 3.63) is 59.2 Å². The number of hydrogen-bond acceptors (Lipinski definition) is 4. The summed E-state index contributed by atoms with van der Waals surface area (Å²) in [4.78, 5) is 12.3. The summed E-state index contributed by atoms with van der Waals surface area (Å²) in [6, 6.07) is 13.7. The van der Waals surface area contributed by atoms with Crippen LogP contribution < -0.4 is 14.8 Å². The quantitative estimate of drug-likeness (QED) is 0.625. The van der Waals surface area contributed by atoms with Gasteiger partial charge in [-0.25, -0.2) is 0 Å². The molecule has 0 fully saturated rings. The van der Waals surface area contributed by atoms with Crippen molar-refractivity contribution in [2.45, 2.75) is 26.5 Å². The van der Waals surface area contributed by atoms with E-state index < -0.39 is 0 Å². The van der Waals surface area contributed by atoms with E-state index in [0.717, 1.165) is 11.5 Å². The Balaban J connectivity index is 1.82. The molecule has 0 heterocycles. The minimum absolute atomic E-state index is 0.0921. The summed E-state index contributed by atoms with van der Waals surface area (Å²) in [6.45, 7) is 7.68. The van der Waals surface area contributed by atoms with E-state index in [0.29, 0.717) is 36.8 Å². The lowest BCUT2D eigenvalue weighted by Crippen LogP contribution is -2.25. The van der Waals surface area contributed by atoms with Gasteiger partial charge in [-0.05, 0) is 50.1 Å². The van der Waals surface area contributed by atoms with Gasteiger partial charge in [0, 0.05) is 23.6 Å². The lowest BCUT2D eigenvalue weighted by Gasteiger charge is -2.12. The molecule has 0 spiro atoms. The molecule has 5 heteroatoms. The molecule has 0 unspecified atom stereocenters. The van der Waals surface area contributed by atoms with Crippen molar-refractivity contribution in [3.63, 3.8) is 0 Å². The maximum Gasteiger partial charge on any atom is 0.251 e. The third-order valence-corrected chi connectivity index (χ3v) is 4.86. The molecule has 140 valence electrons. The van der Waals surface area contributed by atoms with E-state index in [-0.39, 0.29) is 5.91 Å². The Labute approximate surface area is 160 Å². The van der Waals surface area contributed by atoms with Crippen LogP contribution in [0.2, 0.25) is 0 Å². The van der Waals surface area contributed by atoms with E-state index in [4.69, 9.17) is 9.47 Å². The van der Waals surface area contributed by atoms with E-state index in [2.05, 4.69) is 36.5 Å². The zero-order valence-corrected chi connectivity index (χ0v) is 16.5. The Morgan fingerprint density at radius 2 is 1.77 bits per heavy atom. The molecule has 0 saturated heterocycles. The van der Waals surface area contributed by atoms with Crippen LogP contribution in [0.3, 0.4) is 0 Å². The first-order valence-corrected chi connectivity index (χ1v) is 10.1. The van der Waals surface area contributed by atoms with Gasteiger partial charge in [0.15, 0.2) is 11.5 Å². The number of aryl methyl sites for hydroxylation is 1. The maximum atomic E-state index is 12.3. The molecule has 4 nitrogen and oxygen atoms in total. The van der Waals surface area contributed by atoms with Gasteiger partial charge in [-0.1, -0.05) is 24.3 Å². The second-order valence-electron chi connectivity index (χ2n) is 5.76. The number of benzene rings is 2. The average molecular weight is 374 g/mol. The van der Waals surface area contributed by atoms with Crippen LogP contribution in [-0.4, -0.2) is 31.4 Å². The number of carbonyl (C=O) groups excluding carboxylic acids is 1. The summed E-state index contributed by atoms with van der Waals surface area (Å²) in [5, 5.41) is 2.96. The van der Waals surface area contributed by atoms with Gasteiger partial charge in [0.2, 0.25) is 0 Å². The molecule has 1 amide bonds. The van der Waals surface area contributed by atoms with Gasteiger partial charge in [-0.15, -0.1) is 0 Å². The van der Waals surface area contributed by atoms with Crippen molar-refractivity contribution < 1.29 is 14.3 Å². The highest BCUT2D eigenvalue weighted by Gasteiger charge is 2.11. The molecule has 2 aromatic rings. The summed E-state index contributed by atoms with van der Waals surface area (Å²) < 4.78 is 11.1. The van der Waals surface area contributed by atoms with Gasteiger partial charge in [0.05, 0.1) is 13.2 Å². The van der Waals surface area contributed by atoms with E-state index in [1.165, 1.54) is 11.1 Å². The van der Waals surface area contributed by atoms with Crippen molar-refractivity contribution in [1.29, 1.82) is 0 Å². The maximum absolute atomic E-state index is 12.3. The lowest BCUT2D eigenvalue weighted by molar-refractivity contribution is 0.0955. The lowest BCUT2D eigenvalue weighted by atomic mass is 10.1. The Kier molecular flexibility index (Phi) is 8.35. The molecule has 0 atom stereocenters. The molecule has 2 rings (SSSR count). The van der Waals surface area contributed by atoms with Crippen LogP contribution in [0, 0.1) is 6.92 Å². The standard InChI is InChI=1S/C21H27NO3S/c1-4-24-19-11-10-17(14-20(19)25-5-2)21(23)22-12-13-26-15-18-9-7-6-8-16(18)3/h6-11,14H,4-5,12-13,15H2,1-3H3,(H,22,23). The van der Waals surface area contributed by atoms with Gasteiger partial charge < -0.3 is 14.8 Å². The van der Waals surface area contributed by atoms with Crippen molar-refractivity contribution in [2.24, 2.45) is 0 Å². The van der Waals surface area contributed by atoms with Crippen molar-refractivity contribution >= 4 is 17.7 Å². The highest BCUT2D eigenvalue weighted by atomic mass is 32.2. The number of carbonyl (C=O) groups is 1. The summed E-state index contributed by atoms with van der Waals surface area (Å²) in [6.07, 6.45) is 0. The van der Waals surface area contributed by atoms with Gasteiger partial charge in [-0.3, -0.25) is 4.79 Å². The number of thioether (sulfide) groups is 1. The number of nitrogens with one attached hydrogen (secondary N) is 1. The number of amides is 1. The molecule has 0 aromatic heterocycles. The minimum atomic E-state index is -0.0921. The number of rotatable bonds is 10. The largest absolute Gasteiger partial charge is 0.490 e. The molecular formula is C21H27NO3S. The SMILES string of the molecule is CCOc1ccc(C(=O)NCCSCc2ccccc2C)cc1OCC.